The lowest BCUT2D eigenvalue weighted by molar-refractivity contribution is 0.0746. The molecule has 9 heteroatoms. The van der Waals surface area contributed by atoms with Crippen molar-refractivity contribution in [2.45, 2.75) is 11.4 Å². The summed E-state index contributed by atoms with van der Waals surface area (Å²) in [5.41, 5.74) is 0.940. The molecule has 0 bridgehead atoms. The Balaban J connectivity index is 1.37. The molecule has 0 unspecified atom stereocenters. The molecule has 0 aliphatic carbocycles. The molecule has 1 aromatic heterocycles. The van der Waals surface area contributed by atoms with Crippen molar-refractivity contribution < 1.29 is 22.0 Å². The number of carbonyl (C=O) groups is 1. The van der Waals surface area contributed by atoms with Crippen molar-refractivity contribution in [1.82, 2.24) is 9.62 Å². The first-order chi connectivity index (χ1) is 14.9. The van der Waals surface area contributed by atoms with E-state index in [0.29, 0.717) is 43.2 Å². The van der Waals surface area contributed by atoms with Crippen molar-refractivity contribution in [3.63, 3.8) is 0 Å². The highest BCUT2D eigenvalue weighted by atomic mass is 32.2. The van der Waals surface area contributed by atoms with Gasteiger partial charge in [0.2, 0.25) is 10.0 Å². The van der Waals surface area contributed by atoms with E-state index >= 15 is 0 Å². The number of piperazine rings is 1. The van der Waals surface area contributed by atoms with Crippen LogP contribution in [0.2, 0.25) is 0 Å². The van der Waals surface area contributed by atoms with Gasteiger partial charge in [-0.25, -0.2) is 17.5 Å². The number of amides is 1. The minimum Gasteiger partial charge on any atom is -0.468 e. The van der Waals surface area contributed by atoms with Crippen LogP contribution >= 0.6 is 0 Å². The maximum atomic E-state index is 14.0. The van der Waals surface area contributed by atoms with Crippen LogP contribution in [0.3, 0.4) is 0 Å². The highest BCUT2D eigenvalue weighted by Gasteiger charge is 2.24. The number of rotatable bonds is 6. The van der Waals surface area contributed by atoms with Crippen LogP contribution in [0, 0.1) is 5.82 Å². The van der Waals surface area contributed by atoms with Gasteiger partial charge in [0.25, 0.3) is 5.91 Å². The van der Waals surface area contributed by atoms with Gasteiger partial charge in [0, 0.05) is 31.7 Å². The third-order valence-electron chi connectivity index (χ3n) is 5.19. The van der Waals surface area contributed by atoms with Crippen molar-refractivity contribution in [3.05, 3.63) is 84.1 Å². The Morgan fingerprint density at radius 1 is 0.968 bits per heavy atom. The summed E-state index contributed by atoms with van der Waals surface area (Å²) in [5.74, 6) is 0.0466. The predicted molar refractivity (Wildman–Crippen MR) is 114 cm³/mol. The molecular formula is C22H22FN3O4S. The fourth-order valence-electron chi connectivity index (χ4n) is 3.48. The molecule has 0 radical (unpaired) electrons. The molecule has 1 aliphatic heterocycles. The Hall–Kier alpha value is -3.17. The number of hydrogen-bond donors (Lipinski definition) is 1. The maximum absolute atomic E-state index is 14.0. The molecule has 4 rings (SSSR count). The van der Waals surface area contributed by atoms with Crippen LogP contribution in [0.25, 0.3) is 0 Å². The number of hydrogen-bond acceptors (Lipinski definition) is 5. The molecule has 31 heavy (non-hydrogen) atoms. The number of nitrogens with one attached hydrogen (secondary N) is 1. The normalized spacial score (nSPS) is 14.6. The van der Waals surface area contributed by atoms with Crippen molar-refractivity contribution in [2.75, 3.05) is 31.1 Å². The Labute approximate surface area is 180 Å². The summed E-state index contributed by atoms with van der Waals surface area (Å²) in [6, 6.07) is 15.8. The minimum absolute atomic E-state index is 0.0440. The number of carbonyl (C=O) groups excluding carboxylic acids is 1. The number of furan rings is 1. The van der Waals surface area contributed by atoms with Gasteiger partial charge < -0.3 is 14.2 Å². The van der Waals surface area contributed by atoms with E-state index in [9.17, 15) is 17.6 Å². The molecule has 7 nitrogen and oxygen atoms in total. The van der Waals surface area contributed by atoms with Gasteiger partial charge in [-0.2, -0.15) is 0 Å². The van der Waals surface area contributed by atoms with E-state index in [0.717, 1.165) is 0 Å². The van der Waals surface area contributed by atoms with E-state index < -0.39 is 10.0 Å². The van der Waals surface area contributed by atoms with E-state index in [1.165, 1.54) is 36.6 Å². The zero-order valence-electron chi connectivity index (χ0n) is 16.7. The van der Waals surface area contributed by atoms with E-state index in [1.807, 2.05) is 4.90 Å². The topological polar surface area (TPSA) is 82.9 Å². The first kappa shape index (κ1) is 21.1. The average molecular weight is 444 g/mol. The molecule has 3 aromatic rings. The molecule has 2 heterocycles. The number of halogens is 1. The highest BCUT2D eigenvalue weighted by molar-refractivity contribution is 7.89. The second kappa shape index (κ2) is 8.91. The van der Waals surface area contributed by atoms with Crippen LogP contribution in [0.5, 0.6) is 0 Å². The molecule has 2 aromatic carbocycles. The van der Waals surface area contributed by atoms with Crippen molar-refractivity contribution in [3.8, 4) is 0 Å². The second-order valence-electron chi connectivity index (χ2n) is 7.16. The molecule has 162 valence electrons. The van der Waals surface area contributed by atoms with Crippen LogP contribution in [0.1, 0.15) is 16.1 Å². The second-order valence-corrected chi connectivity index (χ2v) is 8.93. The lowest BCUT2D eigenvalue weighted by atomic mass is 10.1. The van der Waals surface area contributed by atoms with Crippen LogP contribution < -0.4 is 9.62 Å². The smallest absolute Gasteiger partial charge is 0.253 e. The lowest BCUT2D eigenvalue weighted by Crippen LogP contribution is -2.49. The van der Waals surface area contributed by atoms with Gasteiger partial charge in [0.1, 0.15) is 11.6 Å². The largest absolute Gasteiger partial charge is 0.468 e. The number of benzene rings is 2. The Morgan fingerprint density at radius 3 is 2.32 bits per heavy atom. The van der Waals surface area contributed by atoms with Crippen molar-refractivity contribution in [1.29, 1.82) is 0 Å². The average Bonchev–Trinajstić information content (AvgIpc) is 3.32. The summed E-state index contributed by atoms with van der Waals surface area (Å²) in [6.45, 7) is 2.00. The van der Waals surface area contributed by atoms with Gasteiger partial charge in [-0.3, -0.25) is 4.79 Å². The van der Waals surface area contributed by atoms with Gasteiger partial charge in [-0.15, -0.1) is 0 Å². The predicted octanol–water partition coefficient (Wildman–Crippen LogP) is 2.86. The van der Waals surface area contributed by atoms with Gasteiger partial charge in [-0.05, 0) is 48.5 Å². The molecule has 0 saturated carbocycles. The molecule has 1 aliphatic rings. The molecular weight excluding hydrogens is 421 g/mol. The van der Waals surface area contributed by atoms with Crippen molar-refractivity contribution in [2.24, 2.45) is 0 Å². The number of sulfonamides is 1. The minimum atomic E-state index is -3.72. The number of para-hydroxylation sites is 1. The lowest BCUT2D eigenvalue weighted by Gasteiger charge is -2.36. The van der Waals surface area contributed by atoms with Crippen LogP contribution in [-0.2, 0) is 16.6 Å². The van der Waals surface area contributed by atoms with E-state index in [1.54, 1.807) is 35.2 Å². The summed E-state index contributed by atoms with van der Waals surface area (Å²) in [6.07, 6.45) is 1.47. The summed E-state index contributed by atoms with van der Waals surface area (Å²) in [5, 5.41) is 0. The Kier molecular flexibility index (Phi) is 6.06. The summed E-state index contributed by atoms with van der Waals surface area (Å²) < 4.78 is 46.4. The van der Waals surface area contributed by atoms with Gasteiger partial charge >= 0.3 is 0 Å². The zero-order valence-corrected chi connectivity index (χ0v) is 17.5. The van der Waals surface area contributed by atoms with Gasteiger partial charge in [-0.1, -0.05) is 12.1 Å². The third kappa shape index (κ3) is 4.78. The number of nitrogens with zero attached hydrogens (tertiary/aromatic N) is 2. The Bertz CT molecular complexity index is 1140. The fraction of sp³-hybridized carbons (Fsp3) is 0.227. The van der Waals surface area contributed by atoms with Crippen LogP contribution in [-0.4, -0.2) is 45.4 Å². The highest BCUT2D eigenvalue weighted by Crippen LogP contribution is 2.21. The first-order valence-electron chi connectivity index (χ1n) is 9.85. The standard InChI is InChI=1S/C22H22FN3O4S/c23-20-5-1-2-6-21(20)25-11-13-26(14-12-25)22(27)17-7-9-19(10-8-17)31(28,29)24-16-18-4-3-15-30-18/h1-10,15,24H,11-14,16H2. The van der Waals surface area contributed by atoms with E-state index in [-0.39, 0.29) is 23.2 Å². The van der Waals surface area contributed by atoms with Crippen LogP contribution in [0.4, 0.5) is 10.1 Å². The summed E-state index contributed by atoms with van der Waals surface area (Å²) >= 11 is 0. The van der Waals surface area contributed by atoms with E-state index in [4.69, 9.17) is 4.42 Å². The zero-order chi connectivity index (χ0) is 21.8. The summed E-state index contributed by atoms with van der Waals surface area (Å²) in [4.78, 5) is 16.5. The summed E-state index contributed by atoms with van der Waals surface area (Å²) in [7, 11) is -3.72. The quantitative estimate of drug-likeness (QED) is 0.634. The third-order valence-corrected chi connectivity index (χ3v) is 6.61. The fourth-order valence-corrected chi connectivity index (χ4v) is 4.47. The maximum Gasteiger partial charge on any atom is 0.253 e. The number of anilines is 1. The molecule has 0 spiro atoms. The Morgan fingerprint density at radius 2 is 1.68 bits per heavy atom. The molecule has 1 saturated heterocycles. The van der Waals surface area contributed by atoms with Gasteiger partial charge in [0.15, 0.2) is 0 Å². The van der Waals surface area contributed by atoms with Crippen LogP contribution in [0.15, 0.2) is 76.2 Å². The monoisotopic (exact) mass is 443 g/mol. The molecule has 1 fully saturated rings. The molecule has 0 atom stereocenters. The molecule has 1 N–H and O–H groups in total. The van der Waals surface area contributed by atoms with Gasteiger partial charge in [0.05, 0.1) is 23.4 Å². The molecule has 1 amide bonds. The van der Waals surface area contributed by atoms with Crippen molar-refractivity contribution >= 4 is 21.6 Å². The first-order valence-corrected chi connectivity index (χ1v) is 11.3. The van der Waals surface area contributed by atoms with E-state index in [2.05, 4.69) is 4.72 Å². The SMILES string of the molecule is O=C(c1ccc(S(=O)(=O)NCc2ccco2)cc1)N1CCN(c2ccccc2F)CC1.